The van der Waals surface area contributed by atoms with E-state index in [1.807, 2.05) is 44.4 Å². The summed E-state index contributed by atoms with van der Waals surface area (Å²) in [5.74, 6) is 0.636. The van der Waals surface area contributed by atoms with Gasteiger partial charge in [-0.3, -0.25) is 4.68 Å². The zero-order chi connectivity index (χ0) is 15.9. The minimum absolute atomic E-state index is 0.00194. The highest BCUT2D eigenvalue weighted by Gasteiger charge is 2.06. The Hall–Kier alpha value is -3.25. The van der Waals surface area contributed by atoms with E-state index in [1.54, 1.807) is 16.8 Å². The number of aryl methyl sites for hydroxylation is 2. The summed E-state index contributed by atoms with van der Waals surface area (Å²) in [4.78, 5) is 0. The van der Waals surface area contributed by atoms with Crippen molar-refractivity contribution < 1.29 is 4.74 Å². The third-order valence-electron chi connectivity index (χ3n) is 3.00. The number of nitrogens with one attached hydrogen (secondary N) is 1. The third kappa shape index (κ3) is 3.65. The van der Waals surface area contributed by atoms with Crippen molar-refractivity contribution in [1.82, 2.24) is 9.78 Å². The zero-order valence-corrected chi connectivity index (χ0v) is 12.4. The Morgan fingerprint density at radius 2 is 2.09 bits per heavy atom. The molecular formula is C16H15N5O. The molecule has 2 rings (SSSR count). The van der Waals surface area contributed by atoms with Gasteiger partial charge in [0.1, 0.15) is 30.1 Å². The Morgan fingerprint density at radius 3 is 2.73 bits per heavy atom. The standard InChI is InChI=1S/C16H15N5O/c1-12-14(10-21(2)20-12)11-22-16-6-4-3-5-15(16)19-9-13(7-17)8-18/h3-6,9-10,19H,11H2,1-2H3. The van der Waals surface area contributed by atoms with Crippen LogP contribution < -0.4 is 10.1 Å². The van der Waals surface area contributed by atoms with Gasteiger partial charge in [-0.1, -0.05) is 12.1 Å². The van der Waals surface area contributed by atoms with E-state index in [0.29, 0.717) is 18.0 Å². The molecule has 110 valence electrons. The molecule has 0 aliphatic heterocycles. The molecule has 0 unspecified atom stereocenters. The van der Waals surface area contributed by atoms with Crippen molar-refractivity contribution in [1.29, 1.82) is 10.5 Å². The van der Waals surface area contributed by atoms with Crippen molar-refractivity contribution in [2.24, 2.45) is 7.05 Å². The first-order valence-corrected chi connectivity index (χ1v) is 6.62. The van der Waals surface area contributed by atoms with Crippen molar-refractivity contribution in [3.05, 3.63) is 53.5 Å². The fourth-order valence-corrected chi connectivity index (χ4v) is 1.90. The van der Waals surface area contributed by atoms with Crippen molar-refractivity contribution in [2.75, 3.05) is 5.32 Å². The van der Waals surface area contributed by atoms with E-state index in [1.165, 1.54) is 6.20 Å². The van der Waals surface area contributed by atoms with Crippen molar-refractivity contribution >= 4 is 5.69 Å². The van der Waals surface area contributed by atoms with E-state index < -0.39 is 0 Å². The Morgan fingerprint density at radius 1 is 1.36 bits per heavy atom. The summed E-state index contributed by atoms with van der Waals surface area (Å²) >= 11 is 0. The smallest absolute Gasteiger partial charge is 0.145 e. The highest BCUT2D eigenvalue weighted by atomic mass is 16.5. The predicted molar refractivity (Wildman–Crippen MR) is 81.7 cm³/mol. The Bertz CT molecular complexity index is 761. The van der Waals surface area contributed by atoms with E-state index in [2.05, 4.69) is 10.4 Å². The normalized spacial score (nSPS) is 9.45. The van der Waals surface area contributed by atoms with E-state index in [4.69, 9.17) is 15.3 Å². The predicted octanol–water partition coefficient (Wildman–Crippen LogP) is 2.65. The van der Waals surface area contributed by atoms with Crippen LogP contribution in [0.4, 0.5) is 5.69 Å². The van der Waals surface area contributed by atoms with Crippen LogP contribution in [0.3, 0.4) is 0 Å². The van der Waals surface area contributed by atoms with Gasteiger partial charge in [-0.2, -0.15) is 15.6 Å². The number of para-hydroxylation sites is 2. The van der Waals surface area contributed by atoms with Crippen LogP contribution in [-0.4, -0.2) is 9.78 Å². The van der Waals surface area contributed by atoms with Gasteiger partial charge in [-0.25, -0.2) is 0 Å². The summed E-state index contributed by atoms with van der Waals surface area (Å²) in [6.45, 7) is 2.32. The topological polar surface area (TPSA) is 86.7 Å². The average Bonchev–Trinajstić information content (AvgIpc) is 2.85. The van der Waals surface area contributed by atoms with Gasteiger partial charge in [0, 0.05) is 25.0 Å². The molecule has 0 atom stereocenters. The summed E-state index contributed by atoms with van der Waals surface area (Å²) in [6, 6.07) is 10.9. The highest BCUT2D eigenvalue weighted by Crippen LogP contribution is 2.25. The van der Waals surface area contributed by atoms with Crippen LogP contribution in [0, 0.1) is 29.6 Å². The van der Waals surface area contributed by atoms with Gasteiger partial charge >= 0.3 is 0 Å². The molecular weight excluding hydrogens is 278 g/mol. The second kappa shape index (κ2) is 6.96. The maximum atomic E-state index is 8.74. The summed E-state index contributed by atoms with van der Waals surface area (Å²) in [5, 5.41) is 24.7. The van der Waals surface area contributed by atoms with Gasteiger partial charge in [0.25, 0.3) is 0 Å². The number of nitriles is 2. The van der Waals surface area contributed by atoms with Crippen molar-refractivity contribution in [2.45, 2.75) is 13.5 Å². The molecule has 0 fully saturated rings. The largest absolute Gasteiger partial charge is 0.487 e. The van der Waals surface area contributed by atoms with Crippen molar-refractivity contribution in [3.63, 3.8) is 0 Å². The summed E-state index contributed by atoms with van der Waals surface area (Å²) < 4.78 is 7.55. The molecule has 22 heavy (non-hydrogen) atoms. The van der Waals surface area contributed by atoms with Crippen LogP contribution in [-0.2, 0) is 13.7 Å². The fourth-order valence-electron chi connectivity index (χ4n) is 1.90. The van der Waals surface area contributed by atoms with Crippen LogP contribution in [0.2, 0.25) is 0 Å². The number of nitrogens with zero attached hydrogens (tertiary/aromatic N) is 4. The van der Waals surface area contributed by atoms with Gasteiger partial charge < -0.3 is 10.1 Å². The molecule has 0 spiro atoms. The molecule has 6 nitrogen and oxygen atoms in total. The van der Waals surface area contributed by atoms with Crippen LogP contribution in [0.25, 0.3) is 0 Å². The minimum atomic E-state index is -0.00194. The highest BCUT2D eigenvalue weighted by molar-refractivity contribution is 5.59. The number of hydrogen-bond acceptors (Lipinski definition) is 5. The molecule has 0 aliphatic rings. The molecule has 1 heterocycles. The van der Waals surface area contributed by atoms with Crippen LogP contribution in [0.5, 0.6) is 5.75 Å². The molecule has 0 amide bonds. The number of benzene rings is 1. The first-order chi connectivity index (χ1) is 10.6. The lowest BCUT2D eigenvalue weighted by molar-refractivity contribution is 0.307. The maximum Gasteiger partial charge on any atom is 0.145 e. The number of hydrogen-bond donors (Lipinski definition) is 1. The lowest BCUT2D eigenvalue weighted by Gasteiger charge is -2.10. The summed E-state index contributed by atoms with van der Waals surface area (Å²) in [6.07, 6.45) is 3.27. The zero-order valence-electron chi connectivity index (χ0n) is 12.4. The average molecular weight is 293 g/mol. The van der Waals surface area contributed by atoms with Gasteiger partial charge in [0.05, 0.1) is 11.4 Å². The second-order valence-corrected chi connectivity index (χ2v) is 4.62. The molecule has 0 saturated heterocycles. The molecule has 0 bridgehead atoms. The third-order valence-corrected chi connectivity index (χ3v) is 3.00. The molecule has 6 heteroatoms. The molecule has 1 aromatic heterocycles. The van der Waals surface area contributed by atoms with E-state index in [-0.39, 0.29) is 5.57 Å². The van der Waals surface area contributed by atoms with Crippen LogP contribution >= 0.6 is 0 Å². The summed E-state index contributed by atoms with van der Waals surface area (Å²) in [5.41, 5.74) is 2.61. The lowest BCUT2D eigenvalue weighted by atomic mass is 10.2. The number of ether oxygens (including phenoxy) is 1. The fraction of sp³-hybridized carbons (Fsp3) is 0.188. The van der Waals surface area contributed by atoms with Crippen LogP contribution in [0.15, 0.2) is 42.2 Å². The molecule has 2 aromatic rings. The minimum Gasteiger partial charge on any atom is -0.487 e. The quantitative estimate of drug-likeness (QED) is 0.856. The molecule has 1 N–H and O–H groups in total. The van der Waals surface area contributed by atoms with E-state index >= 15 is 0 Å². The van der Waals surface area contributed by atoms with Gasteiger partial charge in [-0.05, 0) is 19.1 Å². The first-order valence-electron chi connectivity index (χ1n) is 6.62. The monoisotopic (exact) mass is 293 g/mol. The Kier molecular flexibility index (Phi) is 4.79. The first kappa shape index (κ1) is 15.1. The van der Waals surface area contributed by atoms with Gasteiger partial charge in [0.2, 0.25) is 0 Å². The molecule has 0 aliphatic carbocycles. The number of allylic oxidation sites excluding steroid dienone is 1. The van der Waals surface area contributed by atoms with Crippen LogP contribution in [0.1, 0.15) is 11.3 Å². The lowest BCUT2D eigenvalue weighted by Crippen LogP contribution is -1.99. The Labute approximate surface area is 128 Å². The van der Waals surface area contributed by atoms with Gasteiger partial charge in [-0.15, -0.1) is 0 Å². The molecule has 0 radical (unpaired) electrons. The Balaban J connectivity index is 2.12. The number of anilines is 1. The maximum absolute atomic E-state index is 8.74. The number of aromatic nitrogens is 2. The number of rotatable bonds is 5. The van der Waals surface area contributed by atoms with E-state index in [0.717, 1.165) is 11.3 Å². The second-order valence-electron chi connectivity index (χ2n) is 4.62. The van der Waals surface area contributed by atoms with Crippen molar-refractivity contribution in [3.8, 4) is 17.9 Å². The molecule has 0 saturated carbocycles. The van der Waals surface area contributed by atoms with E-state index in [9.17, 15) is 0 Å². The SMILES string of the molecule is Cc1nn(C)cc1COc1ccccc1NC=C(C#N)C#N. The van der Waals surface area contributed by atoms with Gasteiger partial charge in [0.15, 0.2) is 0 Å². The summed E-state index contributed by atoms with van der Waals surface area (Å²) in [7, 11) is 1.86. The molecule has 1 aromatic carbocycles.